The van der Waals surface area contributed by atoms with E-state index in [1.165, 1.54) is 60.7 Å². The summed E-state index contributed by atoms with van der Waals surface area (Å²) in [7, 11) is 0. The van der Waals surface area contributed by atoms with Gasteiger partial charge in [-0.3, -0.25) is 9.97 Å². The quantitative estimate of drug-likeness (QED) is 0.191. The number of aryl methyl sites for hydroxylation is 1. The molecule has 2 aromatic heterocycles. The third-order valence-corrected chi connectivity index (χ3v) is 8.82. The van der Waals surface area contributed by atoms with Crippen LogP contribution in [-0.4, -0.2) is 9.97 Å². The number of hydrogen-bond donors (Lipinski definition) is 0. The third-order valence-electron chi connectivity index (χ3n) is 8.82. The van der Waals surface area contributed by atoms with E-state index in [0.717, 1.165) is 23.2 Å². The first-order valence-electron chi connectivity index (χ1n) is 15.1. The number of aromatic nitrogens is 2. The van der Waals surface area contributed by atoms with Crippen LogP contribution in [0.2, 0.25) is 0 Å². The standard InChI is InChI=1S/C41H34N2/c1-4-27(2)35-22-21-34(33-20-16-30-15-19-32-10-8-24-43-41(32)37(30)25-33)26-38(35)40-28(3)9-7-11-36(40)29-13-17-31(18-14-29)39-12-5-6-23-42-39/h5-27H,4H2,1-3H3. The van der Waals surface area contributed by atoms with Gasteiger partial charge in [0.15, 0.2) is 0 Å². The van der Waals surface area contributed by atoms with Crippen LogP contribution in [-0.2, 0) is 0 Å². The Bertz CT molecular complexity index is 2070. The molecule has 2 heterocycles. The fraction of sp³-hybridized carbons (Fsp3) is 0.122. The molecular weight excluding hydrogens is 520 g/mol. The molecular formula is C41H34N2. The van der Waals surface area contributed by atoms with Gasteiger partial charge in [0.25, 0.3) is 0 Å². The van der Waals surface area contributed by atoms with Gasteiger partial charge in [0.1, 0.15) is 0 Å². The fourth-order valence-corrected chi connectivity index (χ4v) is 6.26. The van der Waals surface area contributed by atoms with Gasteiger partial charge in [0.05, 0.1) is 11.2 Å². The molecule has 2 nitrogen and oxygen atoms in total. The number of rotatable bonds is 6. The van der Waals surface area contributed by atoms with Crippen LogP contribution in [0.3, 0.4) is 0 Å². The minimum atomic E-state index is 0.438. The molecule has 5 aromatic carbocycles. The Balaban J connectivity index is 1.39. The molecule has 0 aliphatic heterocycles. The topological polar surface area (TPSA) is 25.8 Å². The first-order chi connectivity index (χ1) is 21.1. The maximum atomic E-state index is 4.74. The summed E-state index contributed by atoms with van der Waals surface area (Å²) in [5, 5.41) is 3.56. The van der Waals surface area contributed by atoms with Gasteiger partial charge in [0, 0.05) is 28.7 Å². The van der Waals surface area contributed by atoms with E-state index in [1.807, 2.05) is 30.6 Å². The van der Waals surface area contributed by atoms with E-state index in [2.05, 4.69) is 129 Å². The molecule has 0 bridgehead atoms. The Kier molecular flexibility index (Phi) is 7.04. The van der Waals surface area contributed by atoms with Gasteiger partial charge in [-0.1, -0.05) is 105 Å². The van der Waals surface area contributed by atoms with E-state index in [1.54, 1.807) is 0 Å². The van der Waals surface area contributed by atoms with Crippen LogP contribution in [0.1, 0.15) is 37.3 Å². The Morgan fingerprint density at radius 1 is 0.581 bits per heavy atom. The molecule has 0 amide bonds. The van der Waals surface area contributed by atoms with Crippen molar-refractivity contribution in [2.75, 3.05) is 0 Å². The van der Waals surface area contributed by atoms with Crippen LogP contribution in [0, 0.1) is 6.92 Å². The fourth-order valence-electron chi connectivity index (χ4n) is 6.26. The first kappa shape index (κ1) is 26.8. The van der Waals surface area contributed by atoms with E-state index in [9.17, 15) is 0 Å². The zero-order valence-corrected chi connectivity index (χ0v) is 24.9. The maximum absolute atomic E-state index is 4.74. The van der Waals surface area contributed by atoms with E-state index >= 15 is 0 Å². The van der Waals surface area contributed by atoms with Crippen LogP contribution < -0.4 is 0 Å². The van der Waals surface area contributed by atoms with Gasteiger partial charge >= 0.3 is 0 Å². The van der Waals surface area contributed by atoms with Gasteiger partial charge in [-0.05, 0) is 99.5 Å². The Hall–Kier alpha value is -5.08. The van der Waals surface area contributed by atoms with Crippen LogP contribution in [0.15, 0.2) is 134 Å². The van der Waals surface area contributed by atoms with Crippen LogP contribution in [0.5, 0.6) is 0 Å². The summed E-state index contributed by atoms with van der Waals surface area (Å²) in [4.78, 5) is 9.28. The summed E-state index contributed by atoms with van der Waals surface area (Å²) >= 11 is 0. The molecule has 0 spiro atoms. The third kappa shape index (κ3) is 5.00. The predicted octanol–water partition coefficient (Wildman–Crippen LogP) is 11.3. The average Bonchev–Trinajstić information content (AvgIpc) is 3.07. The van der Waals surface area contributed by atoms with Crippen molar-refractivity contribution in [2.24, 2.45) is 0 Å². The summed E-state index contributed by atoms with van der Waals surface area (Å²) in [5.74, 6) is 0.438. The Labute approximate surface area is 253 Å². The molecule has 1 unspecified atom stereocenters. The summed E-state index contributed by atoms with van der Waals surface area (Å²) in [6.45, 7) is 6.85. The average molecular weight is 555 g/mol. The maximum Gasteiger partial charge on any atom is 0.0780 e. The van der Waals surface area contributed by atoms with Gasteiger partial charge in [-0.2, -0.15) is 0 Å². The molecule has 0 saturated carbocycles. The minimum Gasteiger partial charge on any atom is -0.256 e. The lowest BCUT2D eigenvalue weighted by Gasteiger charge is -2.21. The summed E-state index contributed by atoms with van der Waals surface area (Å²) in [6.07, 6.45) is 4.82. The second kappa shape index (κ2) is 11.3. The van der Waals surface area contributed by atoms with Crippen molar-refractivity contribution in [1.82, 2.24) is 9.97 Å². The number of fused-ring (bicyclic) bond motifs is 3. The Morgan fingerprint density at radius 3 is 2.12 bits per heavy atom. The smallest absolute Gasteiger partial charge is 0.0780 e. The van der Waals surface area contributed by atoms with Gasteiger partial charge in [-0.25, -0.2) is 0 Å². The van der Waals surface area contributed by atoms with Crippen molar-refractivity contribution < 1.29 is 0 Å². The lowest BCUT2D eigenvalue weighted by atomic mass is 9.83. The monoisotopic (exact) mass is 554 g/mol. The summed E-state index contributed by atoms with van der Waals surface area (Å²) in [5.41, 5.74) is 13.3. The van der Waals surface area contributed by atoms with Crippen LogP contribution in [0.4, 0.5) is 0 Å². The molecule has 7 aromatic rings. The highest BCUT2D eigenvalue weighted by Crippen LogP contribution is 2.42. The molecule has 7 rings (SSSR count). The van der Waals surface area contributed by atoms with Gasteiger partial charge in [-0.15, -0.1) is 0 Å². The highest BCUT2D eigenvalue weighted by molar-refractivity contribution is 6.06. The highest BCUT2D eigenvalue weighted by atomic mass is 14.7. The zero-order valence-electron chi connectivity index (χ0n) is 24.9. The van der Waals surface area contributed by atoms with Crippen molar-refractivity contribution in [3.63, 3.8) is 0 Å². The van der Waals surface area contributed by atoms with Gasteiger partial charge in [0.2, 0.25) is 0 Å². The molecule has 0 N–H and O–H groups in total. The molecule has 208 valence electrons. The molecule has 0 radical (unpaired) electrons. The number of nitrogens with zero attached hydrogens (tertiary/aromatic N) is 2. The largest absolute Gasteiger partial charge is 0.256 e. The normalized spacial score (nSPS) is 12.1. The number of benzene rings is 5. The molecule has 0 aliphatic rings. The molecule has 43 heavy (non-hydrogen) atoms. The predicted molar refractivity (Wildman–Crippen MR) is 182 cm³/mol. The summed E-state index contributed by atoms with van der Waals surface area (Å²) < 4.78 is 0. The number of pyridine rings is 2. The molecule has 0 fully saturated rings. The zero-order chi connectivity index (χ0) is 29.3. The van der Waals surface area contributed by atoms with Crippen LogP contribution >= 0.6 is 0 Å². The van der Waals surface area contributed by atoms with Gasteiger partial charge < -0.3 is 0 Å². The summed E-state index contributed by atoms with van der Waals surface area (Å²) in [6, 6.07) is 43.9. The molecule has 1 atom stereocenters. The lowest BCUT2D eigenvalue weighted by Crippen LogP contribution is -1.99. The molecule has 0 saturated heterocycles. The van der Waals surface area contributed by atoms with E-state index in [-0.39, 0.29) is 0 Å². The Morgan fingerprint density at radius 2 is 1.30 bits per heavy atom. The lowest BCUT2D eigenvalue weighted by molar-refractivity contribution is 0.735. The van der Waals surface area contributed by atoms with Crippen molar-refractivity contribution in [3.05, 3.63) is 145 Å². The first-order valence-corrected chi connectivity index (χ1v) is 15.1. The van der Waals surface area contributed by atoms with Crippen molar-refractivity contribution >= 4 is 21.7 Å². The van der Waals surface area contributed by atoms with E-state index in [4.69, 9.17) is 4.98 Å². The van der Waals surface area contributed by atoms with E-state index in [0.29, 0.717) is 5.92 Å². The van der Waals surface area contributed by atoms with Crippen molar-refractivity contribution in [3.8, 4) is 44.6 Å². The molecule has 2 heteroatoms. The second-order valence-electron chi connectivity index (χ2n) is 11.5. The molecule has 0 aliphatic carbocycles. The van der Waals surface area contributed by atoms with E-state index < -0.39 is 0 Å². The van der Waals surface area contributed by atoms with Crippen molar-refractivity contribution in [2.45, 2.75) is 33.1 Å². The second-order valence-corrected chi connectivity index (χ2v) is 11.5. The highest BCUT2D eigenvalue weighted by Gasteiger charge is 2.18. The SMILES string of the molecule is CCC(C)c1ccc(-c2ccc3ccc4cccnc4c3c2)cc1-c1c(C)cccc1-c1ccc(-c2ccccn2)cc1. The number of hydrogen-bond acceptors (Lipinski definition) is 2. The van der Waals surface area contributed by atoms with Crippen LogP contribution in [0.25, 0.3) is 66.3 Å². The van der Waals surface area contributed by atoms with Crippen molar-refractivity contribution in [1.29, 1.82) is 0 Å². The minimum absolute atomic E-state index is 0.438.